The van der Waals surface area contributed by atoms with Gasteiger partial charge in [-0.1, -0.05) is 17.4 Å². The number of thiophene rings is 1. The Labute approximate surface area is 114 Å². The van der Waals surface area contributed by atoms with E-state index in [0.717, 1.165) is 24.3 Å². The number of hydrogen-bond acceptors (Lipinski definition) is 6. The largest absolute Gasteiger partial charge is 0.300 e. The van der Waals surface area contributed by atoms with Crippen LogP contribution in [0.4, 0.5) is 5.13 Å². The molecule has 0 radical (unpaired) electrons. The lowest BCUT2D eigenvalue weighted by Crippen LogP contribution is -2.24. The van der Waals surface area contributed by atoms with Gasteiger partial charge in [-0.15, -0.1) is 11.3 Å². The van der Waals surface area contributed by atoms with Crippen molar-refractivity contribution in [3.63, 3.8) is 0 Å². The highest BCUT2D eigenvalue weighted by Gasteiger charge is 2.29. The average Bonchev–Trinajstić information content (AvgIpc) is 2.92. The van der Waals surface area contributed by atoms with Crippen LogP contribution in [0.1, 0.15) is 22.6 Å². The number of nitrogens with one attached hydrogen (secondary N) is 1. The molecule has 0 spiro atoms. The van der Waals surface area contributed by atoms with Gasteiger partial charge in [0.25, 0.3) is 0 Å². The number of nitrogen functional groups attached to an aromatic ring is 1. The first kappa shape index (κ1) is 12.1. The van der Waals surface area contributed by atoms with Gasteiger partial charge in [-0.2, -0.15) is 0 Å². The van der Waals surface area contributed by atoms with E-state index >= 15 is 0 Å². The Hall–Kier alpha value is -0.950. The van der Waals surface area contributed by atoms with E-state index in [0.29, 0.717) is 0 Å². The fourth-order valence-electron chi connectivity index (χ4n) is 2.00. The Balaban J connectivity index is 1.66. The van der Waals surface area contributed by atoms with Crippen molar-refractivity contribution in [1.29, 1.82) is 0 Å². The first-order chi connectivity index (χ1) is 8.85. The molecular formula is C12H16N4S2. The topological polar surface area (TPSA) is 54.2 Å². The number of nitrogens with two attached hydrogens (primary N) is 1. The highest BCUT2D eigenvalue weighted by molar-refractivity contribution is 7.15. The molecule has 0 aliphatic heterocycles. The summed E-state index contributed by atoms with van der Waals surface area (Å²) < 4.78 is 0. The molecule has 18 heavy (non-hydrogen) atoms. The van der Waals surface area contributed by atoms with Gasteiger partial charge in [-0.3, -0.25) is 10.3 Å². The SMILES string of the molecule is NNc1ncc(CN(Cc2cccs2)C2CC2)s1. The van der Waals surface area contributed by atoms with Gasteiger partial charge in [0.2, 0.25) is 0 Å². The van der Waals surface area contributed by atoms with E-state index in [1.54, 1.807) is 11.3 Å². The third-order valence-electron chi connectivity index (χ3n) is 3.04. The molecule has 0 amide bonds. The summed E-state index contributed by atoms with van der Waals surface area (Å²) in [5.74, 6) is 5.36. The molecule has 6 heteroatoms. The van der Waals surface area contributed by atoms with E-state index in [1.165, 1.54) is 22.6 Å². The van der Waals surface area contributed by atoms with Crippen LogP contribution in [0.25, 0.3) is 0 Å². The quantitative estimate of drug-likeness (QED) is 0.631. The van der Waals surface area contributed by atoms with Crippen molar-refractivity contribution in [1.82, 2.24) is 9.88 Å². The fraction of sp³-hybridized carbons (Fsp3) is 0.417. The number of thiazole rings is 1. The first-order valence-electron chi connectivity index (χ1n) is 6.03. The normalized spacial score (nSPS) is 15.2. The maximum Gasteiger partial charge on any atom is 0.197 e. The zero-order valence-electron chi connectivity index (χ0n) is 10.0. The number of aromatic nitrogens is 1. The smallest absolute Gasteiger partial charge is 0.197 e. The molecule has 0 saturated heterocycles. The highest BCUT2D eigenvalue weighted by atomic mass is 32.1. The van der Waals surface area contributed by atoms with Gasteiger partial charge in [0.1, 0.15) is 0 Å². The Morgan fingerprint density at radius 1 is 1.39 bits per heavy atom. The molecule has 1 aliphatic rings. The van der Waals surface area contributed by atoms with E-state index in [9.17, 15) is 0 Å². The van der Waals surface area contributed by atoms with Crippen LogP contribution < -0.4 is 11.3 Å². The minimum Gasteiger partial charge on any atom is -0.300 e. The summed E-state index contributed by atoms with van der Waals surface area (Å²) in [6.45, 7) is 2.02. The molecule has 0 bridgehead atoms. The second kappa shape index (κ2) is 5.36. The summed E-state index contributed by atoms with van der Waals surface area (Å²) in [4.78, 5) is 9.47. The van der Waals surface area contributed by atoms with Gasteiger partial charge in [0.15, 0.2) is 5.13 Å². The van der Waals surface area contributed by atoms with Crippen molar-refractivity contribution >= 4 is 27.8 Å². The molecule has 0 aromatic carbocycles. The van der Waals surface area contributed by atoms with Gasteiger partial charge < -0.3 is 0 Å². The number of hydrazine groups is 1. The van der Waals surface area contributed by atoms with E-state index in [4.69, 9.17) is 5.84 Å². The molecule has 3 rings (SSSR count). The van der Waals surface area contributed by atoms with E-state index in [1.807, 2.05) is 17.5 Å². The monoisotopic (exact) mass is 280 g/mol. The van der Waals surface area contributed by atoms with Crippen LogP contribution in [0.15, 0.2) is 23.7 Å². The molecule has 96 valence electrons. The van der Waals surface area contributed by atoms with Crippen molar-refractivity contribution in [3.05, 3.63) is 33.5 Å². The molecule has 1 saturated carbocycles. The predicted molar refractivity (Wildman–Crippen MR) is 76.5 cm³/mol. The fourth-order valence-corrected chi connectivity index (χ4v) is 3.48. The van der Waals surface area contributed by atoms with Crippen molar-refractivity contribution in [2.24, 2.45) is 5.84 Å². The molecule has 1 fully saturated rings. The predicted octanol–water partition coefficient (Wildman–Crippen LogP) is 2.65. The maximum atomic E-state index is 5.36. The molecule has 0 unspecified atom stereocenters. The van der Waals surface area contributed by atoms with Crippen molar-refractivity contribution in [2.75, 3.05) is 5.43 Å². The van der Waals surface area contributed by atoms with Crippen LogP contribution in [-0.2, 0) is 13.1 Å². The highest BCUT2D eigenvalue weighted by Crippen LogP contribution is 2.31. The summed E-state index contributed by atoms with van der Waals surface area (Å²) in [6, 6.07) is 5.08. The van der Waals surface area contributed by atoms with Gasteiger partial charge in [-0.25, -0.2) is 10.8 Å². The lowest BCUT2D eigenvalue weighted by atomic mass is 10.3. The minimum atomic E-state index is 0.753. The van der Waals surface area contributed by atoms with Crippen molar-refractivity contribution in [3.8, 4) is 0 Å². The molecular weight excluding hydrogens is 264 g/mol. The van der Waals surface area contributed by atoms with Crippen LogP contribution in [0.2, 0.25) is 0 Å². The van der Waals surface area contributed by atoms with Gasteiger partial charge >= 0.3 is 0 Å². The van der Waals surface area contributed by atoms with Gasteiger partial charge in [0, 0.05) is 35.1 Å². The zero-order valence-corrected chi connectivity index (χ0v) is 11.6. The molecule has 2 aromatic heterocycles. The van der Waals surface area contributed by atoms with Crippen LogP contribution in [0.5, 0.6) is 0 Å². The Bertz CT molecular complexity index is 490. The minimum absolute atomic E-state index is 0.753. The molecule has 0 atom stereocenters. The van der Waals surface area contributed by atoms with E-state index in [2.05, 4.69) is 32.8 Å². The Morgan fingerprint density at radius 2 is 2.22 bits per heavy atom. The summed E-state index contributed by atoms with van der Waals surface area (Å²) in [6.07, 6.45) is 4.57. The third-order valence-corrected chi connectivity index (χ3v) is 4.81. The first-order valence-corrected chi connectivity index (χ1v) is 7.72. The van der Waals surface area contributed by atoms with Crippen LogP contribution in [0.3, 0.4) is 0 Å². The molecule has 3 N–H and O–H groups in total. The third kappa shape index (κ3) is 2.89. The number of hydrogen-bond donors (Lipinski definition) is 2. The number of rotatable bonds is 6. The zero-order chi connectivity index (χ0) is 12.4. The molecule has 4 nitrogen and oxygen atoms in total. The van der Waals surface area contributed by atoms with Gasteiger partial charge in [-0.05, 0) is 24.3 Å². The summed E-state index contributed by atoms with van der Waals surface area (Å²) in [5.41, 5.74) is 2.60. The van der Waals surface area contributed by atoms with E-state index in [-0.39, 0.29) is 0 Å². The van der Waals surface area contributed by atoms with Crippen LogP contribution in [-0.4, -0.2) is 15.9 Å². The molecule has 1 aliphatic carbocycles. The van der Waals surface area contributed by atoms with Crippen LogP contribution >= 0.6 is 22.7 Å². The second-order valence-corrected chi connectivity index (χ2v) is 6.64. The Morgan fingerprint density at radius 3 is 2.83 bits per heavy atom. The Kier molecular flexibility index (Phi) is 3.60. The summed E-state index contributed by atoms with van der Waals surface area (Å²) >= 11 is 3.46. The van der Waals surface area contributed by atoms with E-state index < -0.39 is 0 Å². The van der Waals surface area contributed by atoms with Crippen molar-refractivity contribution < 1.29 is 0 Å². The summed E-state index contributed by atoms with van der Waals surface area (Å²) in [7, 11) is 0. The molecule has 2 heterocycles. The number of anilines is 1. The number of nitrogens with zero attached hydrogens (tertiary/aromatic N) is 2. The summed E-state index contributed by atoms with van der Waals surface area (Å²) in [5, 5.41) is 2.93. The molecule has 2 aromatic rings. The van der Waals surface area contributed by atoms with Gasteiger partial charge in [0.05, 0.1) is 0 Å². The second-order valence-electron chi connectivity index (χ2n) is 4.49. The standard InChI is InChI=1S/C12H16N4S2/c13-15-12-14-6-11(18-12)8-16(9-3-4-9)7-10-2-1-5-17-10/h1-2,5-6,9H,3-4,7-8,13H2,(H,14,15). The van der Waals surface area contributed by atoms with Crippen molar-refractivity contribution in [2.45, 2.75) is 32.0 Å². The lowest BCUT2D eigenvalue weighted by Gasteiger charge is -2.20. The lowest BCUT2D eigenvalue weighted by molar-refractivity contribution is 0.250. The maximum absolute atomic E-state index is 5.36. The van der Waals surface area contributed by atoms with Crippen LogP contribution in [0, 0.1) is 0 Å². The average molecular weight is 280 g/mol.